The first-order valence-corrected chi connectivity index (χ1v) is 5.82. The molecule has 1 aliphatic rings. The third kappa shape index (κ3) is 4.32. The molecule has 0 aromatic rings. The zero-order chi connectivity index (χ0) is 12.8. The standard InChI is InChI=1S/C11H20N2O4/c1-3-12-9-4-8(11(16)17-2)5-13(6-9)7-10(14)15/h8-9,12H,3-7H2,1-2H3,(H,14,15). The number of hydrogen-bond donors (Lipinski definition) is 2. The summed E-state index contributed by atoms with van der Waals surface area (Å²) in [6.07, 6.45) is 0.705. The molecule has 1 rings (SSSR count). The number of methoxy groups -OCH3 is 1. The topological polar surface area (TPSA) is 78.9 Å². The van der Waals surface area contributed by atoms with E-state index in [0.717, 1.165) is 6.54 Å². The molecular formula is C11H20N2O4. The van der Waals surface area contributed by atoms with E-state index in [1.165, 1.54) is 7.11 Å². The van der Waals surface area contributed by atoms with E-state index in [1.807, 2.05) is 6.92 Å². The van der Waals surface area contributed by atoms with Crippen molar-refractivity contribution in [2.45, 2.75) is 19.4 Å². The second-order valence-corrected chi connectivity index (χ2v) is 4.30. The average molecular weight is 244 g/mol. The summed E-state index contributed by atoms with van der Waals surface area (Å²) in [7, 11) is 1.36. The van der Waals surface area contributed by atoms with Crippen LogP contribution in [0.3, 0.4) is 0 Å². The van der Waals surface area contributed by atoms with Gasteiger partial charge in [0, 0.05) is 19.1 Å². The highest BCUT2D eigenvalue weighted by atomic mass is 16.5. The molecule has 0 aliphatic carbocycles. The predicted octanol–water partition coefficient (Wildman–Crippen LogP) is -0.456. The van der Waals surface area contributed by atoms with Crippen LogP contribution in [-0.2, 0) is 14.3 Å². The number of piperidine rings is 1. The number of aliphatic carboxylic acids is 1. The van der Waals surface area contributed by atoms with Crippen LogP contribution in [0.15, 0.2) is 0 Å². The SMILES string of the molecule is CCNC1CC(C(=O)OC)CN(CC(=O)O)C1. The minimum absolute atomic E-state index is 0.0324. The van der Waals surface area contributed by atoms with E-state index in [1.54, 1.807) is 4.90 Å². The molecule has 0 aromatic carbocycles. The summed E-state index contributed by atoms with van der Waals surface area (Å²) < 4.78 is 4.73. The second kappa shape index (κ2) is 6.56. The molecule has 98 valence electrons. The van der Waals surface area contributed by atoms with Gasteiger partial charge in [-0.25, -0.2) is 0 Å². The Hall–Kier alpha value is -1.14. The van der Waals surface area contributed by atoms with Gasteiger partial charge in [0.2, 0.25) is 0 Å². The largest absolute Gasteiger partial charge is 0.480 e. The van der Waals surface area contributed by atoms with Crippen LogP contribution < -0.4 is 5.32 Å². The van der Waals surface area contributed by atoms with Crippen LogP contribution in [0, 0.1) is 5.92 Å². The number of nitrogens with one attached hydrogen (secondary N) is 1. The minimum atomic E-state index is -0.870. The van der Waals surface area contributed by atoms with Crippen molar-refractivity contribution in [1.29, 1.82) is 0 Å². The van der Waals surface area contributed by atoms with E-state index in [0.29, 0.717) is 19.5 Å². The lowest BCUT2D eigenvalue weighted by molar-refractivity contribution is -0.149. The van der Waals surface area contributed by atoms with Crippen molar-refractivity contribution < 1.29 is 19.4 Å². The van der Waals surface area contributed by atoms with Crippen molar-refractivity contribution in [3.05, 3.63) is 0 Å². The lowest BCUT2D eigenvalue weighted by Gasteiger charge is -2.36. The normalized spacial score (nSPS) is 25.5. The number of carboxylic acid groups (broad SMARTS) is 1. The van der Waals surface area contributed by atoms with Gasteiger partial charge in [0.05, 0.1) is 19.6 Å². The molecule has 17 heavy (non-hydrogen) atoms. The molecule has 0 bridgehead atoms. The molecule has 0 saturated carbocycles. The van der Waals surface area contributed by atoms with Crippen LogP contribution in [0.1, 0.15) is 13.3 Å². The number of likely N-dealkylation sites (N-methyl/N-ethyl adjacent to an activating group) is 1. The first kappa shape index (κ1) is 13.9. The fourth-order valence-electron chi connectivity index (χ4n) is 2.28. The van der Waals surface area contributed by atoms with Crippen LogP contribution in [0.25, 0.3) is 0 Å². The third-order valence-electron chi connectivity index (χ3n) is 2.91. The van der Waals surface area contributed by atoms with E-state index >= 15 is 0 Å². The monoisotopic (exact) mass is 244 g/mol. The van der Waals surface area contributed by atoms with Crippen molar-refractivity contribution >= 4 is 11.9 Å². The Bertz CT molecular complexity index is 283. The molecule has 6 nitrogen and oxygen atoms in total. The first-order chi connectivity index (χ1) is 8.06. The van der Waals surface area contributed by atoms with Crippen molar-refractivity contribution in [3.63, 3.8) is 0 Å². The Morgan fingerprint density at radius 3 is 2.71 bits per heavy atom. The molecule has 2 N–H and O–H groups in total. The second-order valence-electron chi connectivity index (χ2n) is 4.30. The van der Waals surface area contributed by atoms with Crippen LogP contribution in [-0.4, -0.2) is 61.3 Å². The summed E-state index contributed by atoms with van der Waals surface area (Å²) in [5, 5.41) is 12.0. The van der Waals surface area contributed by atoms with Gasteiger partial charge in [-0.05, 0) is 13.0 Å². The maximum Gasteiger partial charge on any atom is 0.317 e. The number of nitrogens with zero attached hydrogens (tertiary/aromatic N) is 1. The van der Waals surface area contributed by atoms with Crippen molar-refractivity contribution in [2.24, 2.45) is 5.92 Å². The summed E-state index contributed by atoms with van der Waals surface area (Å²) in [6, 6.07) is 0.150. The molecule has 0 radical (unpaired) electrons. The molecule has 1 fully saturated rings. The number of esters is 1. The maximum atomic E-state index is 11.5. The Kier molecular flexibility index (Phi) is 5.37. The average Bonchev–Trinajstić information content (AvgIpc) is 2.27. The molecule has 2 atom stereocenters. The van der Waals surface area contributed by atoms with E-state index < -0.39 is 5.97 Å². The number of ether oxygens (including phenoxy) is 1. The van der Waals surface area contributed by atoms with E-state index in [4.69, 9.17) is 9.84 Å². The van der Waals surface area contributed by atoms with Crippen LogP contribution >= 0.6 is 0 Å². The third-order valence-corrected chi connectivity index (χ3v) is 2.91. The summed E-state index contributed by atoms with van der Waals surface area (Å²) in [4.78, 5) is 24.0. The zero-order valence-electron chi connectivity index (χ0n) is 10.3. The first-order valence-electron chi connectivity index (χ1n) is 5.82. The van der Waals surface area contributed by atoms with Gasteiger partial charge in [0.1, 0.15) is 0 Å². The summed E-state index contributed by atoms with van der Waals surface area (Å²) >= 11 is 0. The summed E-state index contributed by atoms with van der Waals surface area (Å²) in [6.45, 7) is 3.88. The number of carboxylic acids is 1. The maximum absolute atomic E-state index is 11.5. The van der Waals surface area contributed by atoms with E-state index in [9.17, 15) is 9.59 Å². The highest BCUT2D eigenvalue weighted by Crippen LogP contribution is 2.18. The van der Waals surface area contributed by atoms with Gasteiger partial charge in [0.25, 0.3) is 0 Å². The molecule has 0 aromatic heterocycles. The van der Waals surface area contributed by atoms with E-state index in [2.05, 4.69) is 5.32 Å². The van der Waals surface area contributed by atoms with Gasteiger partial charge in [-0.1, -0.05) is 6.92 Å². The summed E-state index contributed by atoms with van der Waals surface area (Å²) in [5.41, 5.74) is 0. The predicted molar refractivity (Wildman–Crippen MR) is 61.7 cm³/mol. The number of carbonyl (C=O) groups is 2. The van der Waals surface area contributed by atoms with Gasteiger partial charge in [-0.15, -0.1) is 0 Å². The highest BCUT2D eigenvalue weighted by molar-refractivity contribution is 5.73. The van der Waals surface area contributed by atoms with Crippen molar-refractivity contribution in [2.75, 3.05) is 33.3 Å². The molecule has 1 heterocycles. The zero-order valence-corrected chi connectivity index (χ0v) is 10.3. The highest BCUT2D eigenvalue weighted by Gasteiger charge is 2.32. The van der Waals surface area contributed by atoms with Crippen LogP contribution in [0.5, 0.6) is 0 Å². The molecule has 6 heteroatoms. The Morgan fingerprint density at radius 2 is 2.18 bits per heavy atom. The molecule has 0 amide bonds. The summed E-state index contributed by atoms with van der Waals surface area (Å²) in [5.74, 6) is -1.37. The quantitative estimate of drug-likeness (QED) is 0.637. The van der Waals surface area contributed by atoms with Gasteiger partial charge in [-0.2, -0.15) is 0 Å². The Labute approximate surface area is 101 Å². The number of likely N-dealkylation sites (tertiary alicyclic amines) is 1. The Morgan fingerprint density at radius 1 is 1.47 bits per heavy atom. The minimum Gasteiger partial charge on any atom is -0.480 e. The van der Waals surface area contributed by atoms with Crippen molar-refractivity contribution in [1.82, 2.24) is 10.2 Å². The van der Waals surface area contributed by atoms with E-state index in [-0.39, 0.29) is 24.5 Å². The Balaban J connectivity index is 2.61. The fraction of sp³-hybridized carbons (Fsp3) is 0.818. The van der Waals surface area contributed by atoms with Crippen LogP contribution in [0.4, 0.5) is 0 Å². The molecule has 0 spiro atoms. The number of hydrogen-bond acceptors (Lipinski definition) is 5. The van der Waals surface area contributed by atoms with Gasteiger partial charge in [0.15, 0.2) is 0 Å². The number of carbonyl (C=O) groups excluding carboxylic acids is 1. The lowest BCUT2D eigenvalue weighted by Crippen LogP contribution is -2.52. The molecule has 2 unspecified atom stereocenters. The van der Waals surface area contributed by atoms with Crippen LogP contribution in [0.2, 0.25) is 0 Å². The van der Waals surface area contributed by atoms with Gasteiger partial charge >= 0.3 is 11.9 Å². The fourth-order valence-corrected chi connectivity index (χ4v) is 2.28. The van der Waals surface area contributed by atoms with Gasteiger partial charge in [-0.3, -0.25) is 14.5 Å². The molecule has 1 aliphatic heterocycles. The number of rotatable bonds is 5. The lowest BCUT2D eigenvalue weighted by atomic mass is 9.94. The van der Waals surface area contributed by atoms with Crippen molar-refractivity contribution in [3.8, 4) is 0 Å². The van der Waals surface area contributed by atoms with Gasteiger partial charge < -0.3 is 15.2 Å². The smallest absolute Gasteiger partial charge is 0.317 e. The molecule has 1 saturated heterocycles. The molecular weight excluding hydrogens is 224 g/mol.